The molecule has 0 fully saturated rings. The molecule has 0 aliphatic rings. The third-order valence-corrected chi connectivity index (χ3v) is 8.63. The molecule has 0 radical (unpaired) electrons. The zero-order chi connectivity index (χ0) is 27.5. The highest BCUT2D eigenvalue weighted by Crippen LogP contribution is 2.24. The molecule has 0 heterocycles. The van der Waals surface area contributed by atoms with E-state index in [2.05, 4.69) is 14.8 Å². The fourth-order valence-electron chi connectivity index (χ4n) is 3.75. The van der Waals surface area contributed by atoms with Gasteiger partial charge in [-0.1, -0.05) is 35.9 Å². The van der Waals surface area contributed by atoms with Gasteiger partial charge in [0.25, 0.3) is 26.0 Å². The number of amides is 1. The Kier molecular flexibility index (Phi) is 7.56. The van der Waals surface area contributed by atoms with Gasteiger partial charge in [0.15, 0.2) is 0 Å². The van der Waals surface area contributed by atoms with Gasteiger partial charge in [-0.3, -0.25) is 14.2 Å². The van der Waals surface area contributed by atoms with Gasteiger partial charge in [0, 0.05) is 16.9 Å². The number of anilines is 3. The summed E-state index contributed by atoms with van der Waals surface area (Å²) in [4.78, 5) is 13.2. The molecule has 0 saturated carbocycles. The van der Waals surface area contributed by atoms with Crippen molar-refractivity contribution in [2.24, 2.45) is 0 Å². The summed E-state index contributed by atoms with van der Waals surface area (Å²) in [6, 6.07) is 24.0. The van der Waals surface area contributed by atoms with E-state index in [1.54, 1.807) is 55.5 Å². The van der Waals surface area contributed by atoms with Crippen LogP contribution in [0.4, 0.5) is 17.1 Å². The molecule has 4 aromatic carbocycles. The van der Waals surface area contributed by atoms with E-state index in [0.717, 1.165) is 11.1 Å². The molecule has 10 heteroatoms. The highest BCUT2D eigenvalue weighted by Gasteiger charge is 2.19. The lowest BCUT2D eigenvalue weighted by Gasteiger charge is -2.14. The second kappa shape index (κ2) is 10.7. The van der Waals surface area contributed by atoms with Crippen molar-refractivity contribution in [3.63, 3.8) is 0 Å². The third-order valence-electron chi connectivity index (χ3n) is 5.85. The molecule has 0 unspecified atom stereocenters. The van der Waals surface area contributed by atoms with Crippen molar-refractivity contribution in [2.45, 2.75) is 30.6 Å². The molecule has 0 spiro atoms. The fourth-order valence-corrected chi connectivity index (χ4v) is 5.92. The molecule has 0 atom stereocenters. The lowest BCUT2D eigenvalue weighted by atomic mass is 10.1. The van der Waals surface area contributed by atoms with Crippen molar-refractivity contribution >= 4 is 43.0 Å². The van der Waals surface area contributed by atoms with Crippen LogP contribution < -0.4 is 14.8 Å². The standard InChI is InChI=1S/C28H27N3O5S2/c1-19-10-14-24(15-11-19)38(35,36)31-27-9-5-8-26(21(27)3)28(32)29-22-12-16-25(17-13-22)37(33,34)30-23-7-4-6-20(2)18-23/h4-18,30-31H,1-3H3,(H,29,32). The van der Waals surface area contributed by atoms with E-state index >= 15 is 0 Å². The molecule has 196 valence electrons. The molecule has 8 nitrogen and oxygen atoms in total. The Morgan fingerprint density at radius 2 is 1.18 bits per heavy atom. The molecule has 0 aromatic heterocycles. The Hall–Kier alpha value is -4.15. The molecule has 0 aliphatic carbocycles. The van der Waals surface area contributed by atoms with Crippen LogP contribution in [-0.2, 0) is 20.0 Å². The van der Waals surface area contributed by atoms with Crippen LogP contribution in [0.1, 0.15) is 27.0 Å². The molecular weight excluding hydrogens is 522 g/mol. The van der Waals surface area contributed by atoms with Gasteiger partial charge in [-0.05, 0) is 92.6 Å². The lowest BCUT2D eigenvalue weighted by Crippen LogP contribution is -2.17. The molecule has 4 rings (SSSR count). The quantitative estimate of drug-likeness (QED) is 0.269. The van der Waals surface area contributed by atoms with Crippen LogP contribution in [0.15, 0.2) is 101 Å². The summed E-state index contributed by atoms with van der Waals surface area (Å²) >= 11 is 0. The third kappa shape index (κ3) is 6.21. The maximum absolute atomic E-state index is 13.0. The predicted octanol–water partition coefficient (Wildman–Crippen LogP) is 5.47. The summed E-state index contributed by atoms with van der Waals surface area (Å²) in [6.45, 7) is 5.38. The minimum absolute atomic E-state index is 0.0423. The van der Waals surface area contributed by atoms with Crippen LogP contribution in [-0.4, -0.2) is 22.7 Å². The van der Waals surface area contributed by atoms with E-state index in [1.807, 2.05) is 19.9 Å². The smallest absolute Gasteiger partial charge is 0.261 e. The summed E-state index contributed by atoms with van der Waals surface area (Å²) in [5.41, 5.74) is 3.69. The first-order chi connectivity index (χ1) is 17.9. The number of hydrogen-bond donors (Lipinski definition) is 3. The van der Waals surface area contributed by atoms with Crippen LogP contribution in [0, 0.1) is 20.8 Å². The summed E-state index contributed by atoms with van der Waals surface area (Å²) in [5, 5.41) is 2.73. The van der Waals surface area contributed by atoms with Crippen molar-refractivity contribution < 1.29 is 21.6 Å². The number of rotatable bonds is 8. The van der Waals surface area contributed by atoms with Gasteiger partial charge in [-0.2, -0.15) is 0 Å². The second-order valence-corrected chi connectivity index (χ2v) is 12.2. The van der Waals surface area contributed by atoms with Crippen molar-refractivity contribution in [3.8, 4) is 0 Å². The highest BCUT2D eigenvalue weighted by atomic mass is 32.2. The van der Waals surface area contributed by atoms with E-state index in [4.69, 9.17) is 0 Å². The van der Waals surface area contributed by atoms with Gasteiger partial charge in [0.05, 0.1) is 15.5 Å². The second-order valence-electron chi connectivity index (χ2n) is 8.85. The molecule has 0 aliphatic heterocycles. The average Bonchev–Trinajstić information content (AvgIpc) is 2.85. The van der Waals surface area contributed by atoms with Crippen molar-refractivity contribution in [2.75, 3.05) is 14.8 Å². The Bertz CT molecular complexity index is 1700. The normalized spacial score (nSPS) is 11.6. The van der Waals surface area contributed by atoms with Crippen LogP contribution in [0.5, 0.6) is 0 Å². The monoisotopic (exact) mass is 549 g/mol. The molecule has 4 aromatic rings. The van der Waals surface area contributed by atoms with Crippen LogP contribution in [0.3, 0.4) is 0 Å². The van der Waals surface area contributed by atoms with E-state index in [-0.39, 0.29) is 21.0 Å². The molecule has 0 saturated heterocycles. The lowest BCUT2D eigenvalue weighted by molar-refractivity contribution is 0.102. The van der Waals surface area contributed by atoms with Gasteiger partial charge in [-0.25, -0.2) is 16.8 Å². The van der Waals surface area contributed by atoms with E-state index in [0.29, 0.717) is 16.9 Å². The zero-order valence-corrected chi connectivity index (χ0v) is 22.7. The highest BCUT2D eigenvalue weighted by molar-refractivity contribution is 7.93. The molecule has 3 N–H and O–H groups in total. The number of benzene rings is 4. The SMILES string of the molecule is Cc1ccc(S(=O)(=O)Nc2cccc(C(=O)Nc3ccc(S(=O)(=O)Nc4cccc(C)c4)cc3)c2C)cc1. The van der Waals surface area contributed by atoms with Crippen LogP contribution in [0.2, 0.25) is 0 Å². The van der Waals surface area contributed by atoms with E-state index in [9.17, 15) is 21.6 Å². The fraction of sp³-hybridized carbons (Fsp3) is 0.107. The topological polar surface area (TPSA) is 121 Å². The summed E-state index contributed by atoms with van der Waals surface area (Å²) in [6.07, 6.45) is 0. The zero-order valence-electron chi connectivity index (χ0n) is 21.0. The van der Waals surface area contributed by atoms with Crippen molar-refractivity contribution in [1.29, 1.82) is 0 Å². The van der Waals surface area contributed by atoms with Gasteiger partial charge < -0.3 is 5.32 Å². The van der Waals surface area contributed by atoms with Gasteiger partial charge >= 0.3 is 0 Å². The number of nitrogens with one attached hydrogen (secondary N) is 3. The molecular formula is C28H27N3O5S2. The first kappa shape index (κ1) is 26.9. The minimum Gasteiger partial charge on any atom is -0.322 e. The first-order valence-corrected chi connectivity index (χ1v) is 14.6. The predicted molar refractivity (Wildman–Crippen MR) is 150 cm³/mol. The van der Waals surface area contributed by atoms with Gasteiger partial charge in [0.2, 0.25) is 0 Å². The molecule has 1 amide bonds. The summed E-state index contributed by atoms with van der Waals surface area (Å²) in [5.74, 6) is -0.465. The van der Waals surface area contributed by atoms with Crippen molar-refractivity contribution in [1.82, 2.24) is 0 Å². The summed E-state index contributed by atoms with van der Waals surface area (Å²) in [7, 11) is -7.65. The Morgan fingerprint density at radius 3 is 1.82 bits per heavy atom. The van der Waals surface area contributed by atoms with Crippen LogP contribution in [0.25, 0.3) is 0 Å². The van der Waals surface area contributed by atoms with E-state index in [1.165, 1.54) is 36.4 Å². The average molecular weight is 550 g/mol. The summed E-state index contributed by atoms with van der Waals surface area (Å²) < 4.78 is 56.2. The van der Waals surface area contributed by atoms with Crippen molar-refractivity contribution in [3.05, 3.63) is 113 Å². The van der Waals surface area contributed by atoms with E-state index < -0.39 is 26.0 Å². The van der Waals surface area contributed by atoms with Crippen LogP contribution >= 0.6 is 0 Å². The first-order valence-electron chi connectivity index (χ1n) is 11.6. The number of carbonyl (C=O) groups is 1. The largest absolute Gasteiger partial charge is 0.322 e. The maximum Gasteiger partial charge on any atom is 0.261 e. The Balaban J connectivity index is 1.49. The number of sulfonamides is 2. The number of aryl methyl sites for hydroxylation is 2. The van der Waals surface area contributed by atoms with Gasteiger partial charge in [0.1, 0.15) is 0 Å². The van der Waals surface area contributed by atoms with Gasteiger partial charge in [-0.15, -0.1) is 0 Å². The molecule has 0 bridgehead atoms. The number of hydrogen-bond acceptors (Lipinski definition) is 5. The maximum atomic E-state index is 13.0. The Morgan fingerprint density at radius 1 is 0.605 bits per heavy atom. The molecule has 38 heavy (non-hydrogen) atoms. The number of carbonyl (C=O) groups excluding carboxylic acids is 1. The minimum atomic E-state index is -3.84. The Labute approximate surface area is 222 Å².